The second-order valence-corrected chi connectivity index (χ2v) is 4.38. The summed E-state index contributed by atoms with van der Waals surface area (Å²) in [7, 11) is 0. The van der Waals surface area contributed by atoms with E-state index in [1.165, 1.54) is 18.2 Å². The summed E-state index contributed by atoms with van der Waals surface area (Å²) < 4.78 is 13.9. The van der Waals surface area contributed by atoms with Gasteiger partial charge in [0.2, 0.25) is 0 Å². The van der Waals surface area contributed by atoms with Crippen LogP contribution in [0.1, 0.15) is 17.3 Å². The van der Waals surface area contributed by atoms with Crippen LogP contribution in [0.2, 0.25) is 0 Å². The maximum atomic E-state index is 13.3. The Balaban J connectivity index is 2.86. The molecule has 1 amide bonds. The number of benzene rings is 1. The van der Waals surface area contributed by atoms with Crippen molar-refractivity contribution < 1.29 is 9.18 Å². The Kier molecular flexibility index (Phi) is 4.54. The molecule has 0 aliphatic heterocycles. The maximum Gasteiger partial charge on any atom is 0.254 e. The normalized spacial score (nSPS) is 12.3. The highest BCUT2D eigenvalue weighted by molar-refractivity contribution is 9.10. The van der Waals surface area contributed by atoms with E-state index in [1.807, 2.05) is 0 Å². The van der Waals surface area contributed by atoms with E-state index in [0.29, 0.717) is 10.4 Å². The van der Waals surface area contributed by atoms with Crippen LogP contribution >= 0.6 is 27.5 Å². The van der Waals surface area contributed by atoms with Crippen molar-refractivity contribution >= 4 is 33.4 Å². The molecule has 0 spiro atoms. The standard InChI is InChI=1S/C10H10BrClFNO/c1-6(5-12)14-10(15)8-4-7(11)2-3-9(8)13/h2-4,6H,5H2,1H3,(H,14,15). The summed E-state index contributed by atoms with van der Waals surface area (Å²) in [4.78, 5) is 11.6. The monoisotopic (exact) mass is 293 g/mol. The van der Waals surface area contributed by atoms with Gasteiger partial charge in [-0.1, -0.05) is 15.9 Å². The molecule has 0 fully saturated rings. The minimum atomic E-state index is -0.544. The minimum absolute atomic E-state index is 0.0151. The number of carbonyl (C=O) groups excluding carboxylic acids is 1. The Hall–Kier alpha value is -0.610. The quantitative estimate of drug-likeness (QED) is 0.853. The first-order valence-electron chi connectivity index (χ1n) is 4.36. The van der Waals surface area contributed by atoms with Gasteiger partial charge in [-0.15, -0.1) is 11.6 Å². The highest BCUT2D eigenvalue weighted by atomic mass is 79.9. The summed E-state index contributed by atoms with van der Waals surface area (Å²) in [6.07, 6.45) is 0. The third kappa shape index (κ3) is 3.47. The summed E-state index contributed by atoms with van der Waals surface area (Å²) in [5.74, 6) is -0.708. The van der Waals surface area contributed by atoms with E-state index in [0.717, 1.165) is 0 Å². The van der Waals surface area contributed by atoms with Crippen LogP contribution in [0.15, 0.2) is 22.7 Å². The van der Waals surface area contributed by atoms with Crippen LogP contribution in [-0.4, -0.2) is 17.8 Å². The smallest absolute Gasteiger partial charge is 0.254 e. The zero-order valence-corrected chi connectivity index (χ0v) is 10.4. The Morgan fingerprint density at radius 3 is 2.93 bits per heavy atom. The number of carbonyl (C=O) groups is 1. The van der Waals surface area contributed by atoms with Gasteiger partial charge in [-0.05, 0) is 25.1 Å². The van der Waals surface area contributed by atoms with Crippen molar-refractivity contribution in [3.8, 4) is 0 Å². The predicted molar refractivity (Wildman–Crippen MR) is 61.7 cm³/mol. The molecule has 1 atom stereocenters. The molecule has 1 aromatic rings. The van der Waals surface area contributed by atoms with Crippen LogP contribution in [-0.2, 0) is 0 Å². The van der Waals surface area contributed by atoms with Gasteiger partial charge in [0.25, 0.3) is 5.91 Å². The molecule has 5 heteroatoms. The minimum Gasteiger partial charge on any atom is -0.348 e. The van der Waals surface area contributed by atoms with Crippen molar-refractivity contribution in [2.45, 2.75) is 13.0 Å². The number of nitrogens with one attached hydrogen (secondary N) is 1. The zero-order valence-electron chi connectivity index (χ0n) is 8.06. The lowest BCUT2D eigenvalue weighted by Gasteiger charge is -2.10. The Labute approximate surface area is 101 Å². The largest absolute Gasteiger partial charge is 0.348 e. The van der Waals surface area contributed by atoms with Crippen molar-refractivity contribution in [3.63, 3.8) is 0 Å². The van der Waals surface area contributed by atoms with E-state index < -0.39 is 11.7 Å². The van der Waals surface area contributed by atoms with Gasteiger partial charge >= 0.3 is 0 Å². The average molecular weight is 295 g/mol. The topological polar surface area (TPSA) is 29.1 Å². The van der Waals surface area contributed by atoms with Crippen molar-refractivity contribution in [2.75, 3.05) is 5.88 Å². The van der Waals surface area contributed by atoms with Crippen molar-refractivity contribution in [1.29, 1.82) is 0 Å². The third-order valence-corrected chi connectivity index (χ3v) is 2.74. The fraction of sp³-hybridized carbons (Fsp3) is 0.300. The Bertz CT molecular complexity index is 372. The molecular formula is C10H10BrClFNO. The summed E-state index contributed by atoms with van der Waals surface area (Å²) in [5.41, 5.74) is 0.0151. The van der Waals surface area contributed by atoms with Crippen LogP contribution in [0.25, 0.3) is 0 Å². The molecule has 1 aromatic carbocycles. The second-order valence-electron chi connectivity index (χ2n) is 3.15. The molecule has 15 heavy (non-hydrogen) atoms. The fourth-order valence-corrected chi connectivity index (χ4v) is 1.45. The molecule has 0 aliphatic rings. The molecule has 2 nitrogen and oxygen atoms in total. The molecule has 0 aromatic heterocycles. The van der Waals surface area contributed by atoms with Crippen LogP contribution in [0.3, 0.4) is 0 Å². The van der Waals surface area contributed by atoms with E-state index in [2.05, 4.69) is 21.2 Å². The summed E-state index contributed by atoms with van der Waals surface area (Å²) >= 11 is 8.71. The fourth-order valence-electron chi connectivity index (χ4n) is 1.01. The van der Waals surface area contributed by atoms with Gasteiger partial charge in [-0.25, -0.2) is 4.39 Å². The van der Waals surface area contributed by atoms with E-state index >= 15 is 0 Å². The first-order chi connectivity index (χ1) is 7.04. The highest BCUT2D eigenvalue weighted by Gasteiger charge is 2.13. The lowest BCUT2D eigenvalue weighted by atomic mass is 10.2. The average Bonchev–Trinajstić information content (AvgIpc) is 2.21. The van der Waals surface area contributed by atoms with Gasteiger partial charge in [-0.2, -0.15) is 0 Å². The van der Waals surface area contributed by atoms with Crippen LogP contribution < -0.4 is 5.32 Å². The molecule has 0 radical (unpaired) electrons. The van der Waals surface area contributed by atoms with Gasteiger partial charge in [-0.3, -0.25) is 4.79 Å². The lowest BCUT2D eigenvalue weighted by Crippen LogP contribution is -2.34. The highest BCUT2D eigenvalue weighted by Crippen LogP contribution is 2.15. The number of rotatable bonds is 3. The molecule has 0 saturated heterocycles. The van der Waals surface area contributed by atoms with Gasteiger partial charge < -0.3 is 5.32 Å². The van der Waals surface area contributed by atoms with Crippen LogP contribution in [0.4, 0.5) is 4.39 Å². The number of hydrogen-bond donors (Lipinski definition) is 1. The molecule has 0 aliphatic carbocycles. The third-order valence-electron chi connectivity index (χ3n) is 1.78. The molecule has 1 unspecified atom stereocenters. The van der Waals surface area contributed by atoms with E-state index in [-0.39, 0.29) is 11.6 Å². The molecular weight excluding hydrogens is 284 g/mol. The summed E-state index contributed by atoms with van der Waals surface area (Å²) in [6.45, 7) is 1.75. The van der Waals surface area contributed by atoms with Gasteiger partial charge in [0.15, 0.2) is 0 Å². The summed E-state index contributed by atoms with van der Waals surface area (Å²) in [6, 6.07) is 4.03. The molecule has 0 heterocycles. The van der Waals surface area contributed by atoms with E-state index in [1.54, 1.807) is 6.92 Å². The SMILES string of the molecule is CC(CCl)NC(=O)c1cc(Br)ccc1F. The molecule has 1 rings (SSSR count). The lowest BCUT2D eigenvalue weighted by molar-refractivity contribution is 0.0939. The first kappa shape index (κ1) is 12.5. The molecule has 0 saturated carbocycles. The van der Waals surface area contributed by atoms with Gasteiger partial charge in [0.05, 0.1) is 5.56 Å². The summed E-state index contributed by atoms with van der Waals surface area (Å²) in [5, 5.41) is 2.58. The maximum absolute atomic E-state index is 13.3. The number of amides is 1. The molecule has 1 N–H and O–H groups in total. The predicted octanol–water partition coefficient (Wildman–Crippen LogP) is 2.95. The van der Waals surface area contributed by atoms with Crippen molar-refractivity contribution in [3.05, 3.63) is 34.1 Å². The van der Waals surface area contributed by atoms with E-state index in [9.17, 15) is 9.18 Å². The van der Waals surface area contributed by atoms with Gasteiger partial charge in [0, 0.05) is 16.4 Å². The zero-order chi connectivity index (χ0) is 11.4. The van der Waals surface area contributed by atoms with Crippen LogP contribution in [0.5, 0.6) is 0 Å². The number of halogens is 3. The first-order valence-corrected chi connectivity index (χ1v) is 5.69. The van der Waals surface area contributed by atoms with Crippen molar-refractivity contribution in [1.82, 2.24) is 5.32 Å². The second kappa shape index (κ2) is 5.47. The molecule has 82 valence electrons. The Morgan fingerprint density at radius 2 is 2.33 bits per heavy atom. The van der Waals surface area contributed by atoms with Gasteiger partial charge in [0.1, 0.15) is 5.82 Å². The molecule has 0 bridgehead atoms. The van der Waals surface area contributed by atoms with E-state index in [4.69, 9.17) is 11.6 Å². The number of alkyl halides is 1. The van der Waals surface area contributed by atoms with Crippen LogP contribution in [0, 0.1) is 5.82 Å². The van der Waals surface area contributed by atoms with Crippen molar-refractivity contribution in [2.24, 2.45) is 0 Å². The number of hydrogen-bond acceptors (Lipinski definition) is 1. The Morgan fingerprint density at radius 1 is 1.67 bits per heavy atom.